The van der Waals surface area contributed by atoms with Crippen molar-refractivity contribution in [1.29, 1.82) is 0 Å². The molecule has 9 nitrogen and oxygen atoms in total. The van der Waals surface area contributed by atoms with Crippen LogP contribution < -0.4 is 25.5 Å². The summed E-state index contributed by atoms with van der Waals surface area (Å²) in [5.41, 5.74) is 0.00592. The SMILES string of the molecule is CCC(=NCc1cc(OC)cc(OC)c1)c1c(O)n(-c2ccc(OC)cc2)c(=O)[nH]c1=O. The zero-order valence-electron chi connectivity index (χ0n) is 18.3. The van der Waals surface area contributed by atoms with Crippen LogP contribution in [0, 0.1) is 0 Å². The molecule has 0 saturated heterocycles. The Kier molecular flexibility index (Phi) is 6.99. The molecule has 168 valence electrons. The number of aromatic hydroxyl groups is 1. The fourth-order valence-corrected chi connectivity index (χ4v) is 3.27. The number of aromatic nitrogens is 2. The summed E-state index contributed by atoms with van der Waals surface area (Å²) in [5, 5.41) is 10.9. The minimum absolute atomic E-state index is 0.0576. The van der Waals surface area contributed by atoms with Crippen LogP contribution >= 0.6 is 0 Å². The van der Waals surface area contributed by atoms with Crippen LogP contribution in [-0.4, -0.2) is 41.7 Å². The Bertz CT molecular complexity index is 1220. The van der Waals surface area contributed by atoms with Crippen LogP contribution in [0.5, 0.6) is 23.1 Å². The maximum Gasteiger partial charge on any atom is 0.335 e. The molecule has 0 spiro atoms. The maximum absolute atomic E-state index is 12.6. The minimum Gasteiger partial charge on any atom is -0.497 e. The summed E-state index contributed by atoms with van der Waals surface area (Å²) in [7, 11) is 4.64. The molecule has 0 bridgehead atoms. The number of aliphatic imine (C=N–C) groups is 1. The highest BCUT2D eigenvalue weighted by molar-refractivity contribution is 6.02. The lowest BCUT2D eigenvalue weighted by Gasteiger charge is -2.13. The van der Waals surface area contributed by atoms with E-state index in [2.05, 4.69) is 9.98 Å². The van der Waals surface area contributed by atoms with E-state index in [9.17, 15) is 14.7 Å². The predicted molar refractivity (Wildman–Crippen MR) is 121 cm³/mol. The van der Waals surface area contributed by atoms with Crippen LogP contribution in [0.1, 0.15) is 24.5 Å². The second-order valence-electron chi connectivity index (χ2n) is 6.83. The molecule has 3 rings (SSSR count). The average molecular weight is 439 g/mol. The van der Waals surface area contributed by atoms with Gasteiger partial charge in [-0.15, -0.1) is 0 Å². The summed E-state index contributed by atoms with van der Waals surface area (Å²) < 4.78 is 16.7. The Morgan fingerprint density at radius 1 is 0.969 bits per heavy atom. The topological polar surface area (TPSA) is 115 Å². The smallest absolute Gasteiger partial charge is 0.335 e. The monoisotopic (exact) mass is 439 g/mol. The summed E-state index contributed by atoms with van der Waals surface area (Å²) in [6.07, 6.45) is 0.360. The Balaban J connectivity index is 2.06. The van der Waals surface area contributed by atoms with Gasteiger partial charge in [0.1, 0.15) is 22.8 Å². The Hall–Kier alpha value is -4.01. The van der Waals surface area contributed by atoms with Crippen LogP contribution in [0.2, 0.25) is 0 Å². The molecule has 0 radical (unpaired) electrons. The third kappa shape index (κ3) is 4.66. The van der Waals surface area contributed by atoms with Gasteiger partial charge in [0.25, 0.3) is 5.56 Å². The third-order valence-corrected chi connectivity index (χ3v) is 4.90. The van der Waals surface area contributed by atoms with Gasteiger partial charge in [-0.3, -0.25) is 14.8 Å². The Labute approximate surface area is 184 Å². The molecule has 1 heterocycles. The van der Waals surface area contributed by atoms with Crippen molar-refractivity contribution in [2.75, 3.05) is 21.3 Å². The fraction of sp³-hybridized carbons (Fsp3) is 0.261. The van der Waals surface area contributed by atoms with Gasteiger partial charge in [0.05, 0.1) is 39.3 Å². The summed E-state index contributed by atoms with van der Waals surface area (Å²) in [5.74, 6) is 1.34. The number of hydrogen-bond acceptors (Lipinski definition) is 7. The number of nitrogens with one attached hydrogen (secondary N) is 1. The van der Waals surface area contributed by atoms with E-state index in [0.717, 1.165) is 10.1 Å². The van der Waals surface area contributed by atoms with E-state index >= 15 is 0 Å². The lowest BCUT2D eigenvalue weighted by atomic mass is 10.1. The highest BCUT2D eigenvalue weighted by Gasteiger charge is 2.19. The van der Waals surface area contributed by atoms with Crippen molar-refractivity contribution in [2.45, 2.75) is 19.9 Å². The van der Waals surface area contributed by atoms with Gasteiger partial charge in [0, 0.05) is 6.07 Å². The van der Waals surface area contributed by atoms with Gasteiger partial charge in [-0.2, -0.15) is 0 Å². The minimum atomic E-state index is -0.755. The van der Waals surface area contributed by atoms with Gasteiger partial charge in [-0.1, -0.05) is 6.92 Å². The number of H-pyrrole nitrogens is 1. The standard InChI is InChI=1S/C23H25N3O6/c1-5-19(24-13-14-10-17(31-3)12-18(11-14)32-4)20-21(27)25-23(29)26(22(20)28)15-6-8-16(30-2)9-7-15/h6-12,28H,5,13H2,1-4H3,(H,25,27,29). The van der Waals surface area contributed by atoms with E-state index in [-0.39, 0.29) is 12.1 Å². The third-order valence-electron chi connectivity index (χ3n) is 4.90. The lowest BCUT2D eigenvalue weighted by Crippen LogP contribution is -2.33. The molecule has 0 fully saturated rings. The van der Waals surface area contributed by atoms with Crippen LogP contribution in [0.15, 0.2) is 57.0 Å². The molecule has 0 aliphatic heterocycles. The molecule has 2 aromatic carbocycles. The van der Waals surface area contributed by atoms with E-state index in [4.69, 9.17) is 14.2 Å². The summed E-state index contributed by atoms with van der Waals surface area (Å²) in [6.45, 7) is 2.03. The van der Waals surface area contributed by atoms with Crippen molar-refractivity contribution >= 4 is 5.71 Å². The Morgan fingerprint density at radius 3 is 2.09 bits per heavy atom. The van der Waals surface area contributed by atoms with Crippen LogP contribution in [-0.2, 0) is 6.54 Å². The molecule has 0 amide bonds. The highest BCUT2D eigenvalue weighted by atomic mass is 16.5. The van der Waals surface area contributed by atoms with Gasteiger partial charge in [0.2, 0.25) is 5.88 Å². The van der Waals surface area contributed by atoms with E-state index < -0.39 is 17.1 Å². The van der Waals surface area contributed by atoms with Crippen LogP contribution in [0.4, 0.5) is 0 Å². The maximum atomic E-state index is 12.6. The summed E-state index contributed by atoms with van der Waals surface area (Å²) in [4.78, 5) is 31.8. The van der Waals surface area contributed by atoms with Crippen LogP contribution in [0.25, 0.3) is 5.69 Å². The number of methoxy groups -OCH3 is 3. The van der Waals surface area contributed by atoms with Crippen molar-refractivity contribution < 1.29 is 19.3 Å². The average Bonchev–Trinajstić information content (AvgIpc) is 2.80. The highest BCUT2D eigenvalue weighted by Crippen LogP contribution is 2.24. The zero-order valence-corrected chi connectivity index (χ0v) is 18.3. The molecule has 0 saturated carbocycles. The number of ether oxygens (including phenoxy) is 3. The van der Waals surface area contributed by atoms with Gasteiger partial charge in [-0.25, -0.2) is 9.36 Å². The van der Waals surface area contributed by atoms with Crippen molar-refractivity contribution in [3.8, 4) is 28.8 Å². The quantitative estimate of drug-likeness (QED) is 0.522. The summed E-state index contributed by atoms with van der Waals surface area (Å²) >= 11 is 0. The molecule has 0 unspecified atom stereocenters. The second-order valence-corrected chi connectivity index (χ2v) is 6.83. The summed E-state index contributed by atoms with van der Waals surface area (Å²) in [6, 6.07) is 11.9. The molecular formula is C23H25N3O6. The molecule has 1 aromatic heterocycles. The number of benzene rings is 2. The second kappa shape index (κ2) is 9.86. The predicted octanol–water partition coefficient (Wildman–Crippen LogP) is 2.66. The first-order valence-corrected chi connectivity index (χ1v) is 9.90. The largest absolute Gasteiger partial charge is 0.497 e. The fourth-order valence-electron chi connectivity index (χ4n) is 3.27. The van der Waals surface area contributed by atoms with E-state index in [1.165, 1.54) is 7.11 Å². The first-order valence-electron chi connectivity index (χ1n) is 9.90. The normalized spacial score (nSPS) is 11.3. The molecule has 0 aliphatic carbocycles. The van der Waals surface area contributed by atoms with Gasteiger partial charge in [-0.05, 0) is 48.4 Å². The first-order chi connectivity index (χ1) is 15.4. The molecule has 0 aliphatic rings. The Morgan fingerprint density at radius 2 is 1.56 bits per heavy atom. The van der Waals surface area contributed by atoms with Crippen molar-refractivity contribution in [3.63, 3.8) is 0 Å². The van der Waals surface area contributed by atoms with Crippen molar-refractivity contribution in [3.05, 3.63) is 74.4 Å². The van der Waals surface area contributed by atoms with E-state index in [1.807, 2.05) is 19.1 Å². The van der Waals surface area contributed by atoms with Gasteiger partial charge < -0.3 is 19.3 Å². The van der Waals surface area contributed by atoms with Crippen molar-refractivity contribution in [2.24, 2.45) is 4.99 Å². The van der Waals surface area contributed by atoms with Crippen molar-refractivity contribution in [1.82, 2.24) is 9.55 Å². The zero-order chi connectivity index (χ0) is 23.3. The molecular weight excluding hydrogens is 414 g/mol. The lowest BCUT2D eigenvalue weighted by molar-refractivity contribution is 0.393. The van der Waals surface area contributed by atoms with E-state index in [0.29, 0.717) is 35.1 Å². The number of nitrogens with zero attached hydrogens (tertiary/aromatic N) is 2. The van der Waals surface area contributed by atoms with E-state index in [1.54, 1.807) is 44.6 Å². The molecule has 2 N–H and O–H groups in total. The molecule has 32 heavy (non-hydrogen) atoms. The molecule has 0 atom stereocenters. The first kappa shape index (κ1) is 22.7. The van der Waals surface area contributed by atoms with Crippen LogP contribution in [0.3, 0.4) is 0 Å². The number of rotatable bonds is 8. The number of hydrogen-bond donors (Lipinski definition) is 2. The van der Waals surface area contributed by atoms with Gasteiger partial charge >= 0.3 is 5.69 Å². The number of aromatic amines is 1. The molecule has 9 heteroatoms. The van der Waals surface area contributed by atoms with Gasteiger partial charge in [0.15, 0.2) is 0 Å². The molecule has 3 aromatic rings.